The molecule has 1 aromatic heterocycles. The molecule has 0 aliphatic carbocycles. The van der Waals surface area contributed by atoms with Crippen LogP contribution in [-0.2, 0) is 0 Å². The maximum absolute atomic E-state index is 12.6. The fourth-order valence-corrected chi connectivity index (χ4v) is 3.76. The van der Waals surface area contributed by atoms with Crippen LogP contribution in [0.15, 0.2) is 36.5 Å². The van der Waals surface area contributed by atoms with Crippen LogP contribution < -0.4 is 5.32 Å². The number of rotatable bonds is 4. The molecule has 0 saturated carbocycles. The Morgan fingerprint density at radius 1 is 1.32 bits per heavy atom. The molecule has 0 radical (unpaired) electrons. The summed E-state index contributed by atoms with van der Waals surface area (Å²) in [6.07, 6.45) is 3.88. The summed E-state index contributed by atoms with van der Waals surface area (Å²) in [5.41, 5.74) is 1.07. The van der Waals surface area contributed by atoms with Gasteiger partial charge in [-0.25, -0.2) is 4.98 Å². The number of amides is 1. The Morgan fingerprint density at radius 2 is 2.05 bits per heavy atom. The summed E-state index contributed by atoms with van der Waals surface area (Å²) in [5, 5.41) is 4.13. The van der Waals surface area contributed by atoms with Gasteiger partial charge in [0.2, 0.25) is 0 Å². The number of nitrogens with one attached hydrogen (secondary N) is 1. The van der Waals surface area contributed by atoms with Crippen LogP contribution in [0.1, 0.15) is 22.5 Å². The molecule has 0 bridgehead atoms. The lowest BCUT2D eigenvalue weighted by molar-refractivity contribution is 0.0695. The number of thiazole rings is 1. The van der Waals surface area contributed by atoms with E-state index < -0.39 is 0 Å². The molecule has 1 saturated heterocycles. The van der Waals surface area contributed by atoms with Crippen molar-refractivity contribution < 1.29 is 4.79 Å². The van der Waals surface area contributed by atoms with Crippen LogP contribution >= 0.6 is 11.3 Å². The van der Waals surface area contributed by atoms with Crippen molar-refractivity contribution in [2.45, 2.75) is 12.8 Å². The van der Waals surface area contributed by atoms with Crippen LogP contribution in [0.25, 0.3) is 10.6 Å². The highest BCUT2D eigenvalue weighted by molar-refractivity contribution is 7.16. The second-order valence-electron chi connectivity index (χ2n) is 5.69. The van der Waals surface area contributed by atoms with Crippen LogP contribution in [0.3, 0.4) is 0 Å². The predicted molar refractivity (Wildman–Crippen MR) is 90.1 cm³/mol. The number of benzene rings is 1. The van der Waals surface area contributed by atoms with Gasteiger partial charge in [0.15, 0.2) is 0 Å². The highest BCUT2D eigenvalue weighted by Crippen LogP contribution is 2.27. The number of carbonyl (C=O) groups excluding carboxylic acids is 1. The van der Waals surface area contributed by atoms with E-state index >= 15 is 0 Å². The zero-order valence-electron chi connectivity index (χ0n) is 12.8. The van der Waals surface area contributed by atoms with Crippen LogP contribution in [-0.4, -0.2) is 42.5 Å². The lowest BCUT2D eigenvalue weighted by Gasteiger charge is -2.31. The summed E-state index contributed by atoms with van der Waals surface area (Å²) in [7, 11) is 1.99. The average Bonchev–Trinajstić information content (AvgIpc) is 3.06. The zero-order valence-corrected chi connectivity index (χ0v) is 13.6. The Bertz CT molecular complexity index is 618. The zero-order chi connectivity index (χ0) is 15.4. The molecule has 1 N–H and O–H groups in total. The van der Waals surface area contributed by atoms with Crippen LogP contribution in [0, 0.1) is 5.92 Å². The lowest BCUT2D eigenvalue weighted by Crippen LogP contribution is -2.40. The summed E-state index contributed by atoms with van der Waals surface area (Å²) < 4.78 is 0. The molecular formula is C17H21N3OS. The minimum atomic E-state index is 0.127. The average molecular weight is 315 g/mol. The van der Waals surface area contributed by atoms with Gasteiger partial charge in [-0.2, -0.15) is 0 Å². The molecule has 0 atom stereocenters. The number of nitrogens with zero attached hydrogens (tertiary/aromatic N) is 2. The van der Waals surface area contributed by atoms with Gasteiger partial charge in [-0.1, -0.05) is 30.3 Å². The summed E-state index contributed by atoms with van der Waals surface area (Å²) in [6.45, 7) is 2.74. The normalized spacial score (nSPS) is 16.0. The first-order valence-corrected chi connectivity index (χ1v) is 8.54. The second kappa shape index (κ2) is 7.03. The molecule has 116 valence electrons. The molecule has 1 aliphatic rings. The Kier molecular flexibility index (Phi) is 4.85. The van der Waals surface area contributed by atoms with Crippen molar-refractivity contribution in [2.75, 3.05) is 26.7 Å². The highest BCUT2D eigenvalue weighted by atomic mass is 32.1. The van der Waals surface area contributed by atoms with Gasteiger partial charge >= 0.3 is 0 Å². The Morgan fingerprint density at radius 3 is 2.73 bits per heavy atom. The molecular weight excluding hydrogens is 294 g/mol. The molecule has 2 heterocycles. The smallest absolute Gasteiger partial charge is 0.265 e. The summed E-state index contributed by atoms with van der Waals surface area (Å²) >= 11 is 1.48. The SMILES string of the molecule is CNCC1CCN(C(=O)c2cnc(-c3ccccc3)s2)CC1. The van der Waals surface area contributed by atoms with E-state index in [4.69, 9.17) is 0 Å². The second-order valence-corrected chi connectivity index (χ2v) is 6.72. The molecule has 0 unspecified atom stereocenters. The van der Waals surface area contributed by atoms with E-state index in [0.717, 1.165) is 47.9 Å². The summed E-state index contributed by atoms with van der Waals surface area (Å²) in [4.78, 5) is 19.7. The number of carbonyl (C=O) groups is 1. The monoisotopic (exact) mass is 315 g/mol. The van der Waals surface area contributed by atoms with Crippen LogP contribution in [0.4, 0.5) is 0 Å². The van der Waals surface area contributed by atoms with Gasteiger partial charge in [-0.15, -0.1) is 11.3 Å². The quantitative estimate of drug-likeness (QED) is 0.943. The van der Waals surface area contributed by atoms with E-state index in [0.29, 0.717) is 5.92 Å². The van der Waals surface area contributed by atoms with Crippen molar-refractivity contribution in [1.29, 1.82) is 0 Å². The fourth-order valence-electron chi connectivity index (χ4n) is 2.87. The van der Waals surface area contributed by atoms with Crippen LogP contribution in [0.2, 0.25) is 0 Å². The molecule has 1 fully saturated rings. The molecule has 1 aliphatic heterocycles. The first kappa shape index (κ1) is 15.2. The Hall–Kier alpha value is -1.72. The van der Waals surface area contributed by atoms with E-state index in [2.05, 4.69) is 10.3 Å². The van der Waals surface area contributed by atoms with Crippen molar-refractivity contribution >= 4 is 17.2 Å². The van der Waals surface area contributed by atoms with Gasteiger partial charge in [-0.3, -0.25) is 4.79 Å². The minimum absolute atomic E-state index is 0.127. The van der Waals surface area contributed by atoms with Gasteiger partial charge < -0.3 is 10.2 Å². The highest BCUT2D eigenvalue weighted by Gasteiger charge is 2.24. The third kappa shape index (κ3) is 3.36. The van der Waals surface area contributed by atoms with Gasteiger partial charge in [0.25, 0.3) is 5.91 Å². The Balaban J connectivity index is 1.65. The summed E-state index contributed by atoms with van der Waals surface area (Å²) in [6, 6.07) is 10.0. The van der Waals surface area contributed by atoms with Crippen molar-refractivity contribution in [3.05, 3.63) is 41.4 Å². The molecule has 3 rings (SSSR count). The third-order valence-corrected chi connectivity index (χ3v) is 5.17. The third-order valence-electron chi connectivity index (χ3n) is 4.13. The maximum atomic E-state index is 12.6. The van der Waals surface area contributed by atoms with Gasteiger partial charge in [0.05, 0.1) is 6.20 Å². The molecule has 2 aromatic rings. The first-order chi connectivity index (χ1) is 10.8. The molecule has 4 nitrogen and oxygen atoms in total. The number of piperidine rings is 1. The van der Waals surface area contributed by atoms with E-state index in [1.165, 1.54) is 11.3 Å². The predicted octanol–water partition coefficient (Wildman–Crippen LogP) is 2.88. The summed E-state index contributed by atoms with van der Waals surface area (Å²) in [5.74, 6) is 0.818. The largest absolute Gasteiger partial charge is 0.338 e. The van der Waals surface area contributed by atoms with Crippen molar-refractivity contribution in [3.63, 3.8) is 0 Å². The molecule has 1 amide bonds. The fraction of sp³-hybridized carbons (Fsp3) is 0.412. The van der Waals surface area contributed by atoms with Gasteiger partial charge in [0.1, 0.15) is 9.88 Å². The molecule has 5 heteroatoms. The standard InChI is InChI=1S/C17H21N3OS/c1-18-11-13-7-9-20(10-8-13)17(21)15-12-19-16(22-15)14-5-3-2-4-6-14/h2-6,12-13,18H,7-11H2,1H3. The molecule has 1 aromatic carbocycles. The Labute approximate surface area is 135 Å². The van der Waals surface area contributed by atoms with Crippen molar-refractivity contribution in [2.24, 2.45) is 5.92 Å². The molecule has 22 heavy (non-hydrogen) atoms. The maximum Gasteiger partial charge on any atom is 0.265 e. The lowest BCUT2D eigenvalue weighted by atomic mass is 9.97. The van der Waals surface area contributed by atoms with Gasteiger partial charge in [0, 0.05) is 18.7 Å². The van der Waals surface area contributed by atoms with E-state index in [9.17, 15) is 4.79 Å². The van der Waals surface area contributed by atoms with Crippen molar-refractivity contribution in [3.8, 4) is 10.6 Å². The van der Waals surface area contributed by atoms with E-state index in [-0.39, 0.29) is 5.91 Å². The molecule has 0 spiro atoms. The van der Waals surface area contributed by atoms with Gasteiger partial charge in [-0.05, 0) is 32.4 Å². The number of hydrogen-bond acceptors (Lipinski definition) is 4. The number of likely N-dealkylation sites (tertiary alicyclic amines) is 1. The number of hydrogen-bond donors (Lipinski definition) is 1. The van der Waals surface area contributed by atoms with E-state index in [1.54, 1.807) is 6.20 Å². The minimum Gasteiger partial charge on any atom is -0.338 e. The number of aromatic nitrogens is 1. The van der Waals surface area contributed by atoms with Crippen LogP contribution in [0.5, 0.6) is 0 Å². The van der Waals surface area contributed by atoms with E-state index in [1.807, 2.05) is 42.3 Å². The van der Waals surface area contributed by atoms with Crippen molar-refractivity contribution in [1.82, 2.24) is 15.2 Å². The first-order valence-electron chi connectivity index (χ1n) is 7.73. The topological polar surface area (TPSA) is 45.2 Å².